The summed E-state index contributed by atoms with van der Waals surface area (Å²) in [5, 5.41) is 23.9. The molecule has 4 aliphatic rings. The highest BCUT2D eigenvalue weighted by Crippen LogP contribution is 2.45. The van der Waals surface area contributed by atoms with Gasteiger partial charge in [0.25, 0.3) is 23.6 Å². The predicted molar refractivity (Wildman–Crippen MR) is 590 cm³/mol. The van der Waals surface area contributed by atoms with Gasteiger partial charge in [0.05, 0.1) is 105 Å². The van der Waals surface area contributed by atoms with Crippen LogP contribution < -0.4 is 0 Å². The number of rotatable bonds is 18. The van der Waals surface area contributed by atoms with Crippen LogP contribution in [-0.4, -0.2) is 156 Å². The molecule has 32 heteroatoms. The molecule has 8 aromatic heterocycles. The van der Waals surface area contributed by atoms with Crippen molar-refractivity contribution in [2.24, 2.45) is 37.2 Å². The zero-order valence-corrected chi connectivity index (χ0v) is 92.6. The fraction of sp³-hybridized carbons (Fsp3) is 0.327. The highest BCUT2D eigenvalue weighted by atomic mass is 35.5. The Morgan fingerprint density at radius 3 is 0.908 bits per heavy atom. The predicted octanol–water partition coefficient (Wildman–Crippen LogP) is 27.5. The van der Waals surface area contributed by atoms with Gasteiger partial charge in [0.1, 0.15) is 44.9 Å². The lowest BCUT2D eigenvalue weighted by Crippen LogP contribution is -2.44. The average Bonchev–Trinajstić information content (AvgIpc) is 1.60. The number of halogens is 8. The van der Waals surface area contributed by atoms with Gasteiger partial charge in [-0.25, -0.2) is 18.7 Å². The summed E-state index contributed by atoms with van der Waals surface area (Å²) in [6.07, 6.45) is 4.80. The lowest BCUT2D eigenvalue weighted by Gasteiger charge is -2.27. The molecule has 0 spiro atoms. The van der Waals surface area contributed by atoms with Crippen LogP contribution in [0.4, 0.5) is 0 Å². The van der Waals surface area contributed by atoms with Crippen LogP contribution in [-0.2, 0) is 38.4 Å². The Balaban J connectivity index is 0.000000151. The molecule has 0 atom stereocenters. The summed E-state index contributed by atoms with van der Waals surface area (Å²) < 4.78 is 7.31. The minimum absolute atomic E-state index is 0.0869. The average molecular weight is 2130 g/mol. The highest BCUT2D eigenvalue weighted by Gasteiger charge is 2.47. The summed E-state index contributed by atoms with van der Waals surface area (Å²) in [6, 6.07) is 48.1. The molecule has 732 valence electrons. The highest BCUT2D eigenvalue weighted by molar-refractivity contribution is 7.17. The van der Waals surface area contributed by atoms with Gasteiger partial charge in [0.2, 0.25) is 0 Å². The third-order valence-corrected chi connectivity index (χ3v) is 31.0. The molecular formula is C110H108Cl8N16O4S4. The first kappa shape index (κ1) is 107. The summed E-state index contributed by atoms with van der Waals surface area (Å²) in [5.41, 5.74) is 11.1. The van der Waals surface area contributed by atoms with Crippen molar-refractivity contribution in [2.75, 3.05) is 28.2 Å². The van der Waals surface area contributed by atoms with E-state index in [2.05, 4.69) is 166 Å². The Hall–Kier alpha value is -11.1. The molecular weight excluding hydrogens is 2020 g/mol. The first-order valence-corrected chi connectivity index (χ1v) is 52.5. The van der Waals surface area contributed by atoms with E-state index < -0.39 is 22.2 Å². The number of aromatic nitrogens is 8. The molecule has 17 rings (SSSR count). The summed E-state index contributed by atoms with van der Waals surface area (Å²) in [5.74, 6) is 28.8. The van der Waals surface area contributed by atoms with Gasteiger partial charge in [0.15, 0.2) is 23.3 Å². The second-order valence-electron chi connectivity index (χ2n) is 38.4. The summed E-state index contributed by atoms with van der Waals surface area (Å²) in [7, 11) is 7.49. The smallest absolute Gasteiger partial charge is 0.273 e. The molecule has 12 heterocycles. The zero-order chi connectivity index (χ0) is 103. The van der Waals surface area contributed by atoms with Crippen molar-refractivity contribution < 1.29 is 19.2 Å². The van der Waals surface area contributed by atoms with Crippen molar-refractivity contribution in [3.05, 3.63) is 262 Å². The molecule has 0 bridgehead atoms. The molecule has 5 aromatic carbocycles. The molecule has 0 saturated carbocycles. The van der Waals surface area contributed by atoms with Crippen LogP contribution in [0.25, 0.3) is 65.0 Å². The first-order chi connectivity index (χ1) is 67.0. The van der Waals surface area contributed by atoms with Gasteiger partial charge < -0.3 is 19.6 Å². The maximum atomic E-state index is 12.7. The number of amidine groups is 4. The van der Waals surface area contributed by atoms with Crippen LogP contribution in [0.15, 0.2) is 172 Å². The molecule has 142 heavy (non-hydrogen) atoms. The standard InChI is InChI=1S/C31H28Cl2N4OS.C27H28Cl2N4OS.2C26H26Cl2N4OS/c1-5-23-27(29-34-30(38)31(2,3)36(29)4)35-37(25-17-15-21(32)19-24(25)33)28(23)26-18-16-22(39-26)14-10-9-13-20-11-7-6-8-12-20;1-7-19-23(25-30-26(34)27(4,5)32(25)6)31-33(21-13-11-17(28)15-20(21)29)24(19)22-14-12-18(35-22)10-8-9-16(2)3;1-15-21(23-29-24(33)26(5,6)31(23)7)30-32(19-10-8-16(27)14-18(19)28)22(15)20-11-9-17(34-20)12-13-25(2,3)4;1-15(2)8-7-9-18-11-13-21(34-18)23-16(3)22(24-29-25(33)26(4,5)31(24)6)30-32(23)20-12-10-17(27)14-19(20)28/h6-8,11-12,15-19H,5,9,13H2,1-4H3;11-16H,7,9H2,1-6H3;8-11,14H,1-7H3;10-15H,8H2,1-6H3. The normalized spacial score (nSPS) is 14.9. The lowest BCUT2D eigenvalue weighted by atomic mass is 9.98. The number of nitrogens with zero attached hydrogens (tertiary/aromatic N) is 16. The van der Waals surface area contributed by atoms with Crippen LogP contribution >= 0.6 is 138 Å². The van der Waals surface area contributed by atoms with Gasteiger partial charge in [-0.3, -0.25) is 19.2 Å². The van der Waals surface area contributed by atoms with Crippen LogP contribution in [0.5, 0.6) is 0 Å². The van der Waals surface area contributed by atoms with Crippen molar-refractivity contribution >= 4 is 185 Å². The molecule has 0 unspecified atom stereocenters. The summed E-state index contributed by atoms with van der Waals surface area (Å²) in [6.45, 7) is 37.9. The number of aryl methyl sites for hydroxylation is 1. The number of hydrogen-bond acceptors (Lipinski definition) is 16. The fourth-order valence-corrected chi connectivity index (χ4v) is 21.3. The van der Waals surface area contributed by atoms with E-state index in [1.807, 2.05) is 202 Å². The van der Waals surface area contributed by atoms with E-state index >= 15 is 0 Å². The Morgan fingerprint density at radius 1 is 0.359 bits per heavy atom. The van der Waals surface area contributed by atoms with E-state index in [9.17, 15) is 19.2 Å². The number of carbonyl (C=O) groups excluding carboxylic acids is 4. The minimum atomic E-state index is -0.742. The number of likely N-dealkylation sites (N-methyl/N-ethyl adjacent to an activating group) is 4. The van der Waals surface area contributed by atoms with Gasteiger partial charge in [-0.05, 0) is 248 Å². The van der Waals surface area contributed by atoms with Crippen molar-refractivity contribution in [3.8, 4) is 112 Å². The topological polar surface area (TPSA) is 202 Å². The van der Waals surface area contributed by atoms with Crippen LogP contribution in [0.3, 0.4) is 0 Å². The number of benzene rings is 5. The molecule has 0 aliphatic carbocycles. The number of carbonyl (C=O) groups is 4. The Morgan fingerprint density at radius 2 is 0.634 bits per heavy atom. The van der Waals surface area contributed by atoms with Crippen LogP contribution in [0, 0.1) is 78.5 Å². The number of aliphatic imine (C=N–C) groups is 4. The monoisotopic (exact) mass is 2120 g/mol. The molecule has 0 saturated heterocycles. The molecule has 13 aromatic rings. The SMILES string of the molecule is CCc1c(C2=NC(=O)C(C)(C)N2C)nn(-c2ccc(Cl)cc2Cl)c1-c1ccc(C#CCC(C)C)s1.CCc1c(C2=NC(=O)C(C)(C)N2C)nn(-c2ccc(Cl)cc2Cl)c1-c1ccc(C#CCCc2ccccc2)s1.Cc1c(C2=NC(=O)C(C)(C)N2C)nn(-c2ccc(Cl)cc2Cl)c1-c1ccc(C#CC(C)(C)C)s1.Cc1c(C2=NC(=O)C(C)(C)N2C)nn(-c2ccc(Cl)cc2Cl)c1-c1ccc(C#CCC(C)C)s1. The van der Waals surface area contributed by atoms with Gasteiger partial charge in [-0.2, -0.15) is 40.4 Å². The number of amides is 4. The third-order valence-electron chi connectivity index (χ3n) is 24.8. The number of thiophene rings is 4. The minimum Gasteiger partial charge on any atom is -0.343 e. The second kappa shape index (κ2) is 43.4. The molecule has 0 radical (unpaired) electrons. The van der Waals surface area contributed by atoms with Gasteiger partial charge in [0, 0.05) is 95.2 Å². The molecule has 4 aliphatic heterocycles. The number of hydrogen-bond donors (Lipinski definition) is 0. The Kier molecular flexibility index (Phi) is 32.6. The fourth-order valence-electron chi connectivity index (χ4n) is 15.5. The van der Waals surface area contributed by atoms with Crippen molar-refractivity contribution in [1.82, 2.24) is 58.7 Å². The van der Waals surface area contributed by atoms with Crippen LogP contribution in [0.2, 0.25) is 40.2 Å². The van der Waals surface area contributed by atoms with Crippen molar-refractivity contribution in [3.63, 3.8) is 0 Å². The zero-order valence-electron chi connectivity index (χ0n) is 83.3. The molecule has 20 nitrogen and oxygen atoms in total. The van der Waals surface area contributed by atoms with E-state index in [-0.39, 0.29) is 29.0 Å². The van der Waals surface area contributed by atoms with E-state index in [1.54, 1.807) is 93.9 Å². The maximum Gasteiger partial charge on any atom is 0.273 e. The van der Waals surface area contributed by atoms with E-state index in [0.29, 0.717) is 134 Å². The Bertz CT molecular complexity index is 7560. The molecule has 0 fully saturated rings. The quantitative estimate of drug-likeness (QED) is 0.0737. The largest absolute Gasteiger partial charge is 0.343 e. The van der Waals surface area contributed by atoms with Gasteiger partial charge >= 0.3 is 0 Å². The van der Waals surface area contributed by atoms with Crippen molar-refractivity contribution in [1.29, 1.82) is 0 Å². The van der Waals surface area contributed by atoms with Gasteiger partial charge in [-0.15, -0.1) is 45.3 Å². The van der Waals surface area contributed by atoms with E-state index in [1.165, 1.54) is 5.56 Å². The van der Waals surface area contributed by atoms with E-state index in [0.717, 1.165) is 110 Å². The summed E-state index contributed by atoms with van der Waals surface area (Å²) >= 11 is 57.6. The maximum absolute atomic E-state index is 12.7. The first-order valence-electron chi connectivity index (χ1n) is 46.2. The summed E-state index contributed by atoms with van der Waals surface area (Å²) in [4.78, 5) is 83.5. The lowest BCUT2D eigenvalue weighted by molar-refractivity contribution is -0.124. The molecule has 4 amide bonds. The van der Waals surface area contributed by atoms with Gasteiger partial charge in [-0.1, -0.05) is 212 Å². The molecule has 0 N–H and O–H groups in total. The second-order valence-corrected chi connectivity index (χ2v) is 46.1. The Labute approximate surface area is 887 Å². The van der Waals surface area contributed by atoms with Crippen LogP contribution in [0.1, 0.15) is 207 Å². The van der Waals surface area contributed by atoms with Crippen molar-refractivity contribution in [2.45, 2.75) is 192 Å². The third kappa shape index (κ3) is 22.5. The van der Waals surface area contributed by atoms with E-state index in [4.69, 9.17) is 113 Å².